The molecule has 1 aromatic carbocycles. The van der Waals surface area contributed by atoms with Gasteiger partial charge in [-0.15, -0.1) is 0 Å². The van der Waals surface area contributed by atoms with Gasteiger partial charge in [0.1, 0.15) is 0 Å². The molecule has 0 bridgehead atoms. The summed E-state index contributed by atoms with van der Waals surface area (Å²) >= 11 is 11.7. The number of aromatic nitrogens is 1. The fourth-order valence-electron chi connectivity index (χ4n) is 1.14. The summed E-state index contributed by atoms with van der Waals surface area (Å²) in [5.41, 5.74) is 0.413. The molecule has 7 heteroatoms. The van der Waals surface area contributed by atoms with E-state index in [1.807, 2.05) is 0 Å². The molecule has 1 aromatic heterocycles. The summed E-state index contributed by atoms with van der Waals surface area (Å²) in [4.78, 5) is 11.5. The van der Waals surface area contributed by atoms with Gasteiger partial charge in [-0.2, -0.15) is 0 Å². The third-order valence-electron chi connectivity index (χ3n) is 1.85. The molecule has 2 rings (SSSR count). The van der Waals surface area contributed by atoms with Crippen LogP contribution in [0.15, 0.2) is 35.0 Å². The van der Waals surface area contributed by atoms with Crippen LogP contribution in [0, 0.1) is 0 Å². The molecule has 2 N–H and O–H groups in total. The first-order chi connectivity index (χ1) is 8.15. The van der Waals surface area contributed by atoms with Crippen molar-refractivity contribution in [1.29, 1.82) is 0 Å². The number of hydrogen-bond donors (Lipinski definition) is 2. The summed E-state index contributed by atoms with van der Waals surface area (Å²) in [6, 6.07) is 5.78. The molecule has 0 spiro atoms. The molecule has 0 unspecified atom stereocenters. The van der Waals surface area contributed by atoms with Gasteiger partial charge in [-0.3, -0.25) is 5.32 Å². The summed E-state index contributed by atoms with van der Waals surface area (Å²) in [7, 11) is 0. The Balaban J connectivity index is 2.05. The number of carbonyl (C=O) groups is 1. The summed E-state index contributed by atoms with van der Waals surface area (Å²) in [5, 5.41) is 9.29. The minimum atomic E-state index is -0.495. The molecule has 0 saturated heterocycles. The zero-order chi connectivity index (χ0) is 12.3. The predicted molar refractivity (Wildman–Crippen MR) is 65.6 cm³/mol. The van der Waals surface area contributed by atoms with Crippen LogP contribution in [0.2, 0.25) is 10.0 Å². The minimum absolute atomic E-state index is 0.237. The first-order valence-corrected chi connectivity index (χ1v) is 5.34. The third kappa shape index (κ3) is 3.12. The van der Waals surface area contributed by atoms with Gasteiger partial charge in [-0.25, -0.2) is 4.79 Å². The van der Waals surface area contributed by atoms with Gasteiger partial charge in [0.05, 0.1) is 16.9 Å². The van der Waals surface area contributed by atoms with E-state index in [4.69, 9.17) is 27.7 Å². The van der Waals surface area contributed by atoms with Crippen LogP contribution >= 0.6 is 23.2 Å². The Morgan fingerprint density at radius 2 is 2.06 bits per heavy atom. The van der Waals surface area contributed by atoms with E-state index < -0.39 is 6.03 Å². The molecule has 1 heterocycles. The molecular weight excluding hydrogens is 265 g/mol. The predicted octanol–water partition coefficient (Wildman–Crippen LogP) is 3.63. The second-order valence-corrected chi connectivity index (χ2v) is 3.92. The summed E-state index contributed by atoms with van der Waals surface area (Å²) in [6.07, 6.45) is 1.42. The standard InChI is InChI=1S/C10H7Cl2N3O2/c11-6-1-2-7(12)8(5-6)14-10(16)15-9-3-4-13-17-9/h1-5H,(H2,14,15,16). The minimum Gasteiger partial charge on any atom is -0.338 e. The van der Waals surface area contributed by atoms with Crippen LogP contribution in [-0.4, -0.2) is 11.2 Å². The van der Waals surface area contributed by atoms with Crippen molar-refractivity contribution in [3.05, 3.63) is 40.5 Å². The molecule has 0 atom stereocenters. The first-order valence-electron chi connectivity index (χ1n) is 4.59. The van der Waals surface area contributed by atoms with Gasteiger partial charge >= 0.3 is 6.03 Å². The quantitative estimate of drug-likeness (QED) is 0.877. The van der Waals surface area contributed by atoms with Crippen molar-refractivity contribution in [2.45, 2.75) is 0 Å². The first kappa shape index (κ1) is 11.8. The van der Waals surface area contributed by atoms with Crippen molar-refractivity contribution in [2.24, 2.45) is 0 Å². The van der Waals surface area contributed by atoms with Crippen molar-refractivity contribution in [1.82, 2.24) is 5.16 Å². The highest BCUT2D eigenvalue weighted by atomic mass is 35.5. The molecule has 2 aromatic rings. The molecule has 0 radical (unpaired) electrons. The lowest BCUT2D eigenvalue weighted by atomic mass is 10.3. The van der Waals surface area contributed by atoms with Gasteiger partial charge in [-0.1, -0.05) is 28.4 Å². The smallest absolute Gasteiger partial charge is 0.326 e. The molecule has 0 aliphatic rings. The highest BCUT2D eigenvalue weighted by Gasteiger charge is 2.08. The number of hydrogen-bond acceptors (Lipinski definition) is 3. The average molecular weight is 272 g/mol. The van der Waals surface area contributed by atoms with Crippen LogP contribution in [0.3, 0.4) is 0 Å². The topological polar surface area (TPSA) is 67.2 Å². The highest BCUT2D eigenvalue weighted by molar-refractivity contribution is 6.35. The van der Waals surface area contributed by atoms with Crippen LogP contribution < -0.4 is 10.6 Å². The number of halogens is 2. The Hall–Kier alpha value is -1.72. The fourth-order valence-corrected chi connectivity index (χ4v) is 1.48. The normalized spacial score (nSPS) is 10.0. The van der Waals surface area contributed by atoms with E-state index in [1.54, 1.807) is 18.2 Å². The second-order valence-electron chi connectivity index (χ2n) is 3.08. The molecule has 0 aliphatic heterocycles. The van der Waals surface area contributed by atoms with E-state index in [9.17, 15) is 4.79 Å². The molecule has 88 valence electrons. The zero-order valence-corrected chi connectivity index (χ0v) is 9.92. The van der Waals surface area contributed by atoms with E-state index in [2.05, 4.69) is 15.8 Å². The van der Waals surface area contributed by atoms with Gasteiger partial charge in [0.15, 0.2) is 0 Å². The second kappa shape index (κ2) is 5.07. The van der Waals surface area contributed by atoms with Crippen LogP contribution in [0.4, 0.5) is 16.4 Å². The third-order valence-corrected chi connectivity index (χ3v) is 2.42. The Bertz CT molecular complexity index is 528. The lowest BCUT2D eigenvalue weighted by Gasteiger charge is -2.07. The molecule has 5 nitrogen and oxygen atoms in total. The Morgan fingerprint density at radius 1 is 1.24 bits per heavy atom. The molecule has 0 aliphatic carbocycles. The van der Waals surface area contributed by atoms with E-state index in [-0.39, 0.29) is 5.88 Å². The van der Waals surface area contributed by atoms with Crippen LogP contribution in [0.1, 0.15) is 0 Å². The van der Waals surface area contributed by atoms with E-state index >= 15 is 0 Å². The zero-order valence-electron chi connectivity index (χ0n) is 8.41. The van der Waals surface area contributed by atoms with E-state index in [1.165, 1.54) is 12.3 Å². The lowest BCUT2D eigenvalue weighted by molar-refractivity contribution is 0.261. The summed E-state index contributed by atoms with van der Waals surface area (Å²) in [5.74, 6) is 0.237. The Morgan fingerprint density at radius 3 is 2.76 bits per heavy atom. The van der Waals surface area contributed by atoms with Crippen molar-refractivity contribution in [3.63, 3.8) is 0 Å². The molecular formula is C10H7Cl2N3O2. The van der Waals surface area contributed by atoms with Crippen LogP contribution in [-0.2, 0) is 0 Å². The van der Waals surface area contributed by atoms with Crippen LogP contribution in [0.5, 0.6) is 0 Å². The SMILES string of the molecule is O=C(Nc1ccno1)Nc1cc(Cl)ccc1Cl. The van der Waals surface area contributed by atoms with Crippen molar-refractivity contribution >= 4 is 40.8 Å². The number of amides is 2. The molecule has 0 fully saturated rings. The molecule has 17 heavy (non-hydrogen) atoms. The van der Waals surface area contributed by atoms with Gasteiger partial charge < -0.3 is 9.84 Å². The van der Waals surface area contributed by atoms with Crippen molar-refractivity contribution in [2.75, 3.05) is 10.6 Å². The fraction of sp³-hybridized carbons (Fsp3) is 0. The summed E-state index contributed by atoms with van der Waals surface area (Å²) in [6.45, 7) is 0. The Labute approximate surface area is 107 Å². The van der Waals surface area contributed by atoms with Crippen molar-refractivity contribution in [3.8, 4) is 0 Å². The number of nitrogens with zero attached hydrogens (tertiary/aromatic N) is 1. The monoisotopic (exact) mass is 271 g/mol. The maximum Gasteiger partial charge on any atom is 0.326 e. The van der Waals surface area contributed by atoms with Crippen molar-refractivity contribution < 1.29 is 9.32 Å². The van der Waals surface area contributed by atoms with E-state index in [0.29, 0.717) is 15.7 Å². The van der Waals surface area contributed by atoms with Gasteiger partial charge in [0, 0.05) is 11.1 Å². The maximum atomic E-state index is 11.5. The van der Waals surface area contributed by atoms with Gasteiger partial charge in [0.25, 0.3) is 0 Å². The largest absolute Gasteiger partial charge is 0.338 e. The summed E-state index contributed by atoms with van der Waals surface area (Å²) < 4.78 is 4.71. The number of rotatable bonds is 2. The molecule has 2 amide bonds. The number of nitrogens with one attached hydrogen (secondary N) is 2. The number of urea groups is 1. The lowest BCUT2D eigenvalue weighted by Crippen LogP contribution is -2.19. The van der Waals surface area contributed by atoms with E-state index in [0.717, 1.165) is 0 Å². The Kier molecular flexibility index (Phi) is 3.51. The van der Waals surface area contributed by atoms with Gasteiger partial charge in [-0.05, 0) is 18.2 Å². The van der Waals surface area contributed by atoms with Gasteiger partial charge in [0.2, 0.25) is 5.88 Å². The maximum absolute atomic E-state index is 11.5. The highest BCUT2D eigenvalue weighted by Crippen LogP contribution is 2.25. The average Bonchev–Trinajstić information content (AvgIpc) is 2.76. The van der Waals surface area contributed by atoms with Crippen LogP contribution in [0.25, 0.3) is 0 Å². The number of carbonyl (C=O) groups excluding carboxylic acids is 1. The number of anilines is 2. The molecule has 0 saturated carbocycles. The number of benzene rings is 1.